The molecule has 0 aliphatic rings. The Morgan fingerprint density at radius 1 is 1.15 bits per heavy atom. The fourth-order valence-electron chi connectivity index (χ4n) is 1.15. The van der Waals surface area contributed by atoms with Crippen molar-refractivity contribution in [1.82, 2.24) is 4.98 Å². The number of halogens is 1. The van der Waals surface area contributed by atoms with Crippen LogP contribution in [0.5, 0.6) is 11.6 Å². The number of hydrogen-bond donors (Lipinski definition) is 0. The molecule has 3 nitrogen and oxygen atoms in total. The molecule has 0 aliphatic carbocycles. The number of nitrogens with zero attached hydrogens (tertiary/aromatic N) is 1. The molecule has 1 aromatic rings. The average molecular weight is 185 g/mol. The summed E-state index contributed by atoms with van der Waals surface area (Å²) in [5, 5.41) is 0. The van der Waals surface area contributed by atoms with Crippen molar-refractivity contribution in [3.8, 4) is 11.6 Å². The summed E-state index contributed by atoms with van der Waals surface area (Å²) in [6.45, 7) is 3.27. The molecule has 1 heterocycles. The maximum Gasteiger partial charge on any atom is 0.220 e. The molecule has 72 valence electrons. The summed E-state index contributed by atoms with van der Waals surface area (Å²) >= 11 is 0. The van der Waals surface area contributed by atoms with E-state index in [4.69, 9.17) is 9.47 Å². The van der Waals surface area contributed by atoms with E-state index in [0.29, 0.717) is 11.4 Å². The number of aromatic nitrogens is 1. The molecule has 0 bridgehead atoms. The van der Waals surface area contributed by atoms with Gasteiger partial charge < -0.3 is 9.47 Å². The first-order valence-electron chi connectivity index (χ1n) is 3.86. The lowest BCUT2D eigenvalue weighted by Gasteiger charge is -2.10. The SMILES string of the molecule is COc1nc(C)c(F)c(OC)c1C. The number of ether oxygens (including phenoxy) is 2. The fourth-order valence-corrected chi connectivity index (χ4v) is 1.15. The molecule has 0 saturated carbocycles. The van der Waals surface area contributed by atoms with Crippen molar-refractivity contribution in [1.29, 1.82) is 0 Å². The number of aryl methyl sites for hydroxylation is 1. The second kappa shape index (κ2) is 3.60. The molecule has 0 radical (unpaired) electrons. The zero-order chi connectivity index (χ0) is 10.0. The van der Waals surface area contributed by atoms with Gasteiger partial charge in [-0.25, -0.2) is 9.37 Å². The van der Waals surface area contributed by atoms with E-state index in [1.165, 1.54) is 14.2 Å². The van der Waals surface area contributed by atoms with E-state index in [1.807, 2.05) is 0 Å². The maximum absolute atomic E-state index is 13.3. The van der Waals surface area contributed by atoms with E-state index >= 15 is 0 Å². The summed E-state index contributed by atoms with van der Waals surface area (Å²) in [4.78, 5) is 3.92. The largest absolute Gasteiger partial charge is 0.493 e. The zero-order valence-electron chi connectivity index (χ0n) is 8.14. The first-order valence-corrected chi connectivity index (χ1v) is 3.86. The van der Waals surface area contributed by atoms with Gasteiger partial charge in [0.05, 0.1) is 25.5 Å². The summed E-state index contributed by atoms with van der Waals surface area (Å²) in [5.74, 6) is 0.168. The highest BCUT2D eigenvalue weighted by molar-refractivity contribution is 5.41. The summed E-state index contributed by atoms with van der Waals surface area (Å²) in [7, 11) is 2.91. The Bertz CT molecular complexity index is 326. The molecular weight excluding hydrogens is 173 g/mol. The van der Waals surface area contributed by atoms with Crippen molar-refractivity contribution >= 4 is 0 Å². The van der Waals surface area contributed by atoms with Crippen LogP contribution in [0.4, 0.5) is 4.39 Å². The van der Waals surface area contributed by atoms with Gasteiger partial charge in [0.25, 0.3) is 0 Å². The van der Waals surface area contributed by atoms with Crippen molar-refractivity contribution in [3.05, 3.63) is 17.1 Å². The molecule has 0 saturated heterocycles. The summed E-state index contributed by atoms with van der Waals surface area (Å²) in [6.07, 6.45) is 0. The van der Waals surface area contributed by atoms with E-state index in [2.05, 4.69) is 4.98 Å². The van der Waals surface area contributed by atoms with Crippen LogP contribution in [0.25, 0.3) is 0 Å². The topological polar surface area (TPSA) is 31.4 Å². The van der Waals surface area contributed by atoms with Gasteiger partial charge in [0.15, 0.2) is 11.6 Å². The first-order chi connectivity index (χ1) is 6.11. The van der Waals surface area contributed by atoms with Crippen molar-refractivity contribution < 1.29 is 13.9 Å². The lowest BCUT2D eigenvalue weighted by molar-refractivity contribution is 0.356. The molecule has 13 heavy (non-hydrogen) atoms. The Labute approximate surface area is 76.5 Å². The van der Waals surface area contributed by atoms with Crippen LogP contribution < -0.4 is 9.47 Å². The molecule has 0 fully saturated rings. The van der Waals surface area contributed by atoms with Gasteiger partial charge in [0.2, 0.25) is 5.88 Å². The van der Waals surface area contributed by atoms with Gasteiger partial charge in [0.1, 0.15) is 0 Å². The second-order valence-corrected chi connectivity index (χ2v) is 2.68. The summed E-state index contributed by atoms with van der Waals surface area (Å²) in [6, 6.07) is 0. The van der Waals surface area contributed by atoms with Gasteiger partial charge in [-0.1, -0.05) is 0 Å². The Kier molecular flexibility index (Phi) is 2.70. The van der Waals surface area contributed by atoms with E-state index in [9.17, 15) is 4.39 Å². The van der Waals surface area contributed by atoms with Crippen LogP contribution >= 0.6 is 0 Å². The molecule has 4 heteroatoms. The normalized spacial score (nSPS) is 9.92. The Morgan fingerprint density at radius 3 is 2.23 bits per heavy atom. The highest BCUT2D eigenvalue weighted by atomic mass is 19.1. The Hall–Kier alpha value is -1.32. The number of hydrogen-bond acceptors (Lipinski definition) is 3. The highest BCUT2D eigenvalue weighted by Crippen LogP contribution is 2.29. The van der Waals surface area contributed by atoms with Crippen LogP contribution in [-0.4, -0.2) is 19.2 Å². The number of rotatable bonds is 2. The number of methoxy groups -OCH3 is 2. The van der Waals surface area contributed by atoms with E-state index in [-0.39, 0.29) is 11.4 Å². The van der Waals surface area contributed by atoms with Crippen LogP contribution in [0, 0.1) is 19.7 Å². The Morgan fingerprint density at radius 2 is 1.77 bits per heavy atom. The summed E-state index contributed by atoms with van der Waals surface area (Å²) < 4.78 is 23.2. The van der Waals surface area contributed by atoms with Crippen molar-refractivity contribution in [2.45, 2.75) is 13.8 Å². The first kappa shape index (κ1) is 9.77. The van der Waals surface area contributed by atoms with Crippen LogP contribution in [-0.2, 0) is 0 Å². The van der Waals surface area contributed by atoms with Crippen molar-refractivity contribution in [3.63, 3.8) is 0 Å². The molecule has 0 N–H and O–H groups in total. The van der Waals surface area contributed by atoms with Crippen LogP contribution in [0.15, 0.2) is 0 Å². The molecule has 0 amide bonds. The van der Waals surface area contributed by atoms with E-state index in [0.717, 1.165) is 0 Å². The van der Waals surface area contributed by atoms with Crippen LogP contribution in [0.2, 0.25) is 0 Å². The Balaban J connectivity index is 3.39. The van der Waals surface area contributed by atoms with Gasteiger partial charge in [-0.3, -0.25) is 0 Å². The lowest BCUT2D eigenvalue weighted by atomic mass is 10.2. The lowest BCUT2D eigenvalue weighted by Crippen LogP contribution is -2.01. The third-order valence-corrected chi connectivity index (χ3v) is 1.85. The molecule has 0 unspecified atom stereocenters. The molecule has 0 atom stereocenters. The van der Waals surface area contributed by atoms with Crippen LogP contribution in [0.1, 0.15) is 11.3 Å². The van der Waals surface area contributed by atoms with Crippen molar-refractivity contribution in [2.75, 3.05) is 14.2 Å². The third kappa shape index (κ3) is 1.56. The number of pyridine rings is 1. The third-order valence-electron chi connectivity index (χ3n) is 1.85. The van der Waals surface area contributed by atoms with Gasteiger partial charge >= 0.3 is 0 Å². The zero-order valence-corrected chi connectivity index (χ0v) is 8.14. The monoisotopic (exact) mass is 185 g/mol. The molecular formula is C9H12FNO2. The minimum Gasteiger partial charge on any atom is -0.493 e. The van der Waals surface area contributed by atoms with Crippen LogP contribution in [0.3, 0.4) is 0 Å². The predicted molar refractivity (Wildman–Crippen MR) is 46.8 cm³/mol. The predicted octanol–water partition coefficient (Wildman–Crippen LogP) is 1.85. The second-order valence-electron chi connectivity index (χ2n) is 2.68. The quantitative estimate of drug-likeness (QED) is 0.704. The minimum absolute atomic E-state index is 0.198. The molecule has 1 rings (SSSR count). The van der Waals surface area contributed by atoms with E-state index < -0.39 is 5.82 Å². The van der Waals surface area contributed by atoms with Crippen molar-refractivity contribution in [2.24, 2.45) is 0 Å². The molecule has 0 spiro atoms. The average Bonchev–Trinajstić information content (AvgIpc) is 2.12. The van der Waals surface area contributed by atoms with Gasteiger partial charge in [-0.05, 0) is 13.8 Å². The smallest absolute Gasteiger partial charge is 0.220 e. The maximum atomic E-state index is 13.3. The van der Waals surface area contributed by atoms with Gasteiger partial charge in [-0.15, -0.1) is 0 Å². The molecule has 0 aliphatic heterocycles. The standard InChI is InChI=1S/C9H12FNO2/c1-5-8(12-3)7(10)6(2)11-9(5)13-4/h1-4H3. The van der Waals surface area contributed by atoms with E-state index in [1.54, 1.807) is 13.8 Å². The minimum atomic E-state index is -0.430. The summed E-state index contributed by atoms with van der Waals surface area (Å²) in [5.41, 5.74) is 0.854. The molecule has 0 aromatic carbocycles. The fraction of sp³-hybridized carbons (Fsp3) is 0.444. The highest BCUT2D eigenvalue weighted by Gasteiger charge is 2.15. The van der Waals surface area contributed by atoms with Gasteiger partial charge in [-0.2, -0.15) is 0 Å². The molecule has 1 aromatic heterocycles. The van der Waals surface area contributed by atoms with Gasteiger partial charge in [0, 0.05) is 0 Å².